The summed E-state index contributed by atoms with van der Waals surface area (Å²) in [4.78, 5) is 25.0. The number of nitrogens with one attached hydrogen (secondary N) is 1. The number of rotatable bonds is 6. The molecule has 6 heteroatoms. The zero-order valence-electron chi connectivity index (χ0n) is 10.6. The molecule has 4 nitrogen and oxygen atoms in total. The van der Waals surface area contributed by atoms with E-state index < -0.39 is 12.0 Å². The molecule has 1 heterocycles. The molecule has 0 aliphatic heterocycles. The van der Waals surface area contributed by atoms with Gasteiger partial charge in [-0.1, -0.05) is 0 Å². The summed E-state index contributed by atoms with van der Waals surface area (Å²) in [5.41, 5.74) is 0.577. The zero-order valence-corrected chi connectivity index (χ0v) is 12.3. The molecule has 0 radical (unpaired) electrons. The van der Waals surface area contributed by atoms with Crippen LogP contribution in [0.15, 0.2) is 6.07 Å². The molecule has 100 valence electrons. The molecule has 1 aromatic heterocycles. The van der Waals surface area contributed by atoms with Crippen LogP contribution in [0.4, 0.5) is 0 Å². The fourth-order valence-electron chi connectivity index (χ4n) is 1.59. The van der Waals surface area contributed by atoms with Crippen LogP contribution in [0.1, 0.15) is 26.5 Å². The Morgan fingerprint density at radius 2 is 2.17 bits per heavy atom. The molecule has 1 rings (SSSR count). The second-order valence-electron chi connectivity index (χ2n) is 3.97. The van der Waals surface area contributed by atoms with Crippen molar-refractivity contribution in [2.24, 2.45) is 0 Å². The lowest BCUT2D eigenvalue weighted by Crippen LogP contribution is -2.41. The molecule has 0 aliphatic rings. The van der Waals surface area contributed by atoms with Gasteiger partial charge in [0, 0.05) is 9.75 Å². The lowest BCUT2D eigenvalue weighted by molar-refractivity contribution is -0.139. The molecule has 0 aromatic carbocycles. The Morgan fingerprint density at radius 1 is 1.50 bits per heavy atom. The van der Waals surface area contributed by atoms with Crippen molar-refractivity contribution in [2.75, 3.05) is 12.0 Å². The normalized spacial score (nSPS) is 12.2. The van der Waals surface area contributed by atoms with Crippen LogP contribution in [0.3, 0.4) is 0 Å². The molecule has 1 amide bonds. The van der Waals surface area contributed by atoms with Gasteiger partial charge in [0.15, 0.2) is 0 Å². The largest absolute Gasteiger partial charge is 0.480 e. The minimum Gasteiger partial charge on any atom is -0.480 e. The topological polar surface area (TPSA) is 66.4 Å². The summed E-state index contributed by atoms with van der Waals surface area (Å²) in [6.45, 7) is 3.79. The van der Waals surface area contributed by atoms with Crippen molar-refractivity contribution in [3.8, 4) is 0 Å². The summed E-state index contributed by atoms with van der Waals surface area (Å²) >= 11 is 3.10. The van der Waals surface area contributed by atoms with E-state index in [-0.39, 0.29) is 5.91 Å². The Balaban J connectivity index is 2.72. The fraction of sp³-hybridized carbons (Fsp3) is 0.500. The number of hydrogen-bond acceptors (Lipinski definition) is 4. The molecule has 0 spiro atoms. The maximum absolute atomic E-state index is 12.0. The molecule has 1 aromatic rings. The first-order valence-corrected chi connectivity index (χ1v) is 7.76. The number of aliphatic carboxylic acids is 1. The molecule has 0 bridgehead atoms. The number of carboxylic acid groups (broad SMARTS) is 1. The van der Waals surface area contributed by atoms with Crippen LogP contribution in [-0.2, 0) is 4.79 Å². The highest BCUT2D eigenvalue weighted by Gasteiger charge is 2.21. The van der Waals surface area contributed by atoms with Gasteiger partial charge >= 0.3 is 5.97 Å². The SMILES string of the molecule is CSCC[C@@H](NC(=O)c1cc(C)sc1C)C(=O)O. The summed E-state index contributed by atoms with van der Waals surface area (Å²) in [5, 5.41) is 11.6. The van der Waals surface area contributed by atoms with Crippen LogP contribution >= 0.6 is 23.1 Å². The molecule has 0 unspecified atom stereocenters. The standard InChI is InChI=1S/C12H17NO3S2/c1-7-6-9(8(2)18-7)11(14)13-10(12(15)16)4-5-17-3/h6,10H,4-5H2,1-3H3,(H,13,14)(H,15,16)/t10-/m1/s1. The van der Waals surface area contributed by atoms with Gasteiger partial charge in [-0.05, 0) is 38.3 Å². The molecule has 1 atom stereocenters. The lowest BCUT2D eigenvalue weighted by atomic mass is 10.2. The first-order valence-electron chi connectivity index (χ1n) is 5.55. The monoisotopic (exact) mass is 287 g/mol. The summed E-state index contributed by atoms with van der Waals surface area (Å²) in [7, 11) is 0. The smallest absolute Gasteiger partial charge is 0.326 e. The number of carbonyl (C=O) groups is 2. The molecule has 0 fully saturated rings. The van der Waals surface area contributed by atoms with Crippen LogP contribution in [0.25, 0.3) is 0 Å². The van der Waals surface area contributed by atoms with E-state index in [4.69, 9.17) is 5.11 Å². The minimum absolute atomic E-state index is 0.301. The first kappa shape index (κ1) is 15.0. The highest BCUT2D eigenvalue weighted by atomic mass is 32.2. The van der Waals surface area contributed by atoms with E-state index in [1.54, 1.807) is 17.8 Å². The highest BCUT2D eigenvalue weighted by Crippen LogP contribution is 2.20. The van der Waals surface area contributed by atoms with Crippen LogP contribution < -0.4 is 5.32 Å². The molecule has 2 N–H and O–H groups in total. The van der Waals surface area contributed by atoms with Crippen LogP contribution in [0.5, 0.6) is 0 Å². The van der Waals surface area contributed by atoms with Gasteiger partial charge in [-0.2, -0.15) is 11.8 Å². The van der Waals surface area contributed by atoms with Crippen LogP contribution in [-0.4, -0.2) is 35.0 Å². The van der Waals surface area contributed by atoms with E-state index in [9.17, 15) is 9.59 Å². The van der Waals surface area contributed by atoms with Crippen molar-refractivity contribution in [3.63, 3.8) is 0 Å². The molecular formula is C12H17NO3S2. The maximum Gasteiger partial charge on any atom is 0.326 e. The van der Waals surface area contributed by atoms with Gasteiger partial charge in [-0.25, -0.2) is 4.79 Å². The first-order chi connectivity index (χ1) is 8.45. The second-order valence-corrected chi connectivity index (χ2v) is 6.42. The molecular weight excluding hydrogens is 270 g/mol. The van der Waals surface area contributed by atoms with Crippen LogP contribution in [0.2, 0.25) is 0 Å². The van der Waals surface area contributed by atoms with Crippen molar-refractivity contribution in [1.29, 1.82) is 0 Å². The Labute approximate surface area is 115 Å². The van der Waals surface area contributed by atoms with Crippen molar-refractivity contribution in [3.05, 3.63) is 21.4 Å². The van der Waals surface area contributed by atoms with E-state index in [1.807, 2.05) is 20.1 Å². The number of amides is 1. The quantitative estimate of drug-likeness (QED) is 0.842. The van der Waals surface area contributed by atoms with E-state index in [0.29, 0.717) is 17.7 Å². The van der Waals surface area contributed by atoms with Crippen molar-refractivity contribution in [1.82, 2.24) is 5.32 Å². The third-order valence-electron chi connectivity index (χ3n) is 2.50. The van der Waals surface area contributed by atoms with Crippen LogP contribution in [0, 0.1) is 13.8 Å². The molecule has 0 aliphatic carbocycles. The third-order valence-corrected chi connectivity index (χ3v) is 4.11. The number of carboxylic acids is 1. The maximum atomic E-state index is 12.0. The zero-order chi connectivity index (χ0) is 13.7. The van der Waals surface area contributed by atoms with Gasteiger partial charge in [0.05, 0.1) is 5.56 Å². The fourth-order valence-corrected chi connectivity index (χ4v) is 2.98. The Hall–Kier alpha value is -1.01. The lowest BCUT2D eigenvalue weighted by Gasteiger charge is -2.13. The summed E-state index contributed by atoms with van der Waals surface area (Å²) in [6, 6.07) is 0.979. The molecule has 0 saturated heterocycles. The number of aryl methyl sites for hydroxylation is 2. The summed E-state index contributed by atoms with van der Waals surface area (Å²) in [6.07, 6.45) is 2.34. The van der Waals surface area contributed by atoms with Gasteiger partial charge in [0.1, 0.15) is 6.04 Å². The third kappa shape index (κ3) is 4.03. The second kappa shape index (κ2) is 6.80. The summed E-state index contributed by atoms with van der Waals surface area (Å²) < 4.78 is 0. The number of thioether (sulfide) groups is 1. The number of thiophene rings is 1. The van der Waals surface area contributed by atoms with E-state index in [1.165, 1.54) is 11.3 Å². The van der Waals surface area contributed by atoms with Crippen molar-refractivity contribution >= 4 is 35.0 Å². The summed E-state index contributed by atoms with van der Waals surface area (Å²) in [5.74, 6) is -0.578. The van der Waals surface area contributed by atoms with Gasteiger partial charge in [-0.15, -0.1) is 11.3 Å². The van der Waals surface area contributed by atoms with Gasteiger partial charge in [0.2, 0.25) is 0 Å². The Morgan fingerprint density at radius 3 is 2.61 bits per heavy atom. The average molecular weight is 287 g/mol. The van der Waals surface area contributed by atoms with Gasteiger partial charge in [-0.3, -0.25) is 4.79 Å². The van der Waals surface area contributed by atoms with Crippen molar-refractivity contribution in [2.45, 2.75) is 26.3 Å². The van der Waals surface area contributed by atoms with Crippen molar-refractivity contribution < 1.29 is 14.7 Å². The highest BCUT2D eigenvalue weighted by molar-refractivity contribution is 7.98. The van der Waals surface area contributed by atoms with Gasteiger partial charge in [0.25, 0.3) is 5.91 Å². The average Bonchev–Trinajstić information content (AvgIpc) is 2.63. The predicted octanol–water partition coefficient (Wildman–Crippen LogP) is 2.30. The molecule has 0 saturated carbocycles. The van der Waals surface area contributed by atoms with E-state index in [2.05, 4.69) is 5.32 Å². The Kier molecular flexibility index (Phi) is 5.68. The minimum atomic E-state index is -0.984. The molecule has 18 heavy (non-hydrogen) atoms. The Bertz CT molecular complexity index is 443. The van der Waals surface area contributed by atoms with E-state index >= 15 is 0 Å². The number of hydrogen-bond donors (Lipinski definition) is 2. The van der Waals surface area contributed by atoms with E-state index in [0.717, 1.165) is 9.75 Å². The van der Waals surface area contributed by atoms with Gasteiger partial charge < -0.3 is 10.4 Å². The predicted molar refractivity (Wildman–Crippen MR) is 75.7 cm³/mol. The number of carbonyl (C=O) groups excluding carboxylic acids is 1.